The predicted molar refractivity (Wildman–Crippen MR) is 46.7 cm³/mol. The van der Waals surface area contributed by atoms with Gasteiger partial charge >= 0.3 is 0 Å². The maximum absolute atomic E-state index is 5.42. The third-order valence-electron chi connectivity index (χ3n) is 1.10. The molecule has 0 bridgehead atoms. The van der Waals surface area contributed by atoms with Gasteiger partial charge in [0.2, 0.25) is 5.95 Å². The number of hydrogen-bond acceptors (Lipinski definition) is 5. The Morgan fingerprint density at radius 2 is 2.09 bits per heavy atom. The third kappa shape index (κ3) is 1.53. The Bertz CT molecular complexity index is 297. The number of nitrogens with two attached hydrogens (primary N) is 3. The number of nitrogen functional groups attached to an aromatic ring is 2. The van der Waals surface area contributed by atoms with Crippen LogP contribution in [0.1, 0.15) is 5.56 Å². The minimum absolute atomic E-state index is 0.113. The average Bonchev–Trinajstić information content (AvgIpc) is 1.85. The van der Waals surface area contributed by atoms with Gasteiger partial charge in [0.25, 0.3) is 0 Å². The number of aromatic nitrogens is 2. The lowest BCUT2D eigenvalue weighted by atomic mass is 10.3. The van der Waals surface area contributed by atoms with Gasteiger partial charge in [-0.2, -0.15) is 4.98 Å². The molecule has 0 aliphatic heterocycles. The first-order valence-corrected chi connectivity index (χ1v) is 3.20. The van der Waals surface area contributed by atoms with E-state index in [1.54, 1.807) is 0 Å². The molecule has 6 N–H and O–H groups in total. The first-order chi connectivity index (χ1) is 5.11. The van der Waals surface area contributed by atoms with Crippen molar-refractivity contribution >= 4 is 29.0 Å². The number of anilines is 2. The second-order valence-corrected chi connectivity index (χ2v) is 2.33. The Morgan fingerprint density at radius 3 is 2.55 bits per heavy atom. The first kappa shape index (κ1) is 7.67. The fourth-order valence-electron chi connectivity index (χ4n) is 0.599. The molecule has 5 nitrogen and oxygen atoms in total. The molecule has 0 saturated heterocycles. The summed E-state index contributed by atoms with van der Waals surface area (Å²) in [6, 6.07) is 0. The minimum atomic E-state index is 0.113. The number of hydrogen-bond donors (Lipinski definition) is 3. The molecule has 1 aromatic heterocycles. The van der Waals surface area contributed by atoms with Crippen LogP contribution in [0.4, 0.5) is 11.8 Å². The van der Waals surface area contributed by atoms with Crippen molar-refractivity contribution in [1.82, 2.24) is 9.97 Å². The zero-order valence-electron chi connectivity index (χ0n) is 5.61. The van der Waals surface area contributed by atoms with E-state index in [1.165, 1.54) is 6.20 Å². The molecule has 0 radical (unpaired) electrons. The van der Waals surface area contributed by atoms with Crippen LogP contribution in [0.5, 0.6) is 0 Å². The lowest BCUT2D eigenvalue weighted by Gasteiger charge is -2.00. The monoisotopic (exact) mass is 169 g/mol. The van der Waals surface area contributed by atoms with Crippen molar-refractivity contribution in [2.75, 3.05) is 11.5 Å². The van der Waals surface area contributed by atoms with Crippen LogP contribution < -0.4 is 17.2 Å². The molecule has 1 aromatic rings. The molecule has 0 aromatic carbocycles. The number of rotatable bonds is 1. The molecule has 0 aliphatic carbocycles. The third-order valence-corrected chi connectivity index (χ3v) is 1.32. The Labute approximate surface area is 68.6 Å². The molecular formula is C5H7N5S. The largest absolute Gasteiger partial charge is 0.389 e. The van der Waals surface area contributed by atoms with Gasteiger partial charge in [0.05, 0.1) is 5.56 Å². The number of thiocarbonyl (C=S) groups is 1. The standard InChI is InChI=1S/C5H7N5S/c6-3-2(4(7)11)1-9-5(8)10-3/h1H,(H2,7,11)(H4,6,8,9,10). The highest BCUT2D eigenvalue weighted by atomic mass is 32.1. The van der Waals surface area contributed by atoms with Crippen molar-refractivity contribution in [1.29, 1.82) is 0 Å². The zero-order valence-corrected chi connectivity index (χ0v) is 6.43. The van der Waals surface area contributed by atoms with Crippen LogP contribution in [-0.4, -0.2) is 15.0 Å². The second-order valence-electron chi connectivity index (χ2n) is 1.89. The summed E-state index contributed by atoms with van der Waals surface area (Å²) in [5.74, 6) is 0.326. The van der Waals surface area contributed by atoms with Crippen molar-refractivity contribution in [2.24, 2.45) is 5.73 Å². The van der Waals surface area contributed by atoms with Gasteiger partial charge < -0.3 is 17.2 Å². The quantitative estimate of drug-likeness (QED) is 0.479. The van der Waals surface area contributed by atoms with Crippen LogP contribution in [0, 0.1) is 0 Å². The highest BCUT2D eigenvalue weighted by molar-refractivity contribution is 7.80. The predicted octanol–water partition coefficient (Wildman–Crippen LogP) is -0.725. The molecule has 58 valence electrons. The van der Waals surface area contributed by atoms with Gasteiger partial charge in [-0.3, -0.25) is 0 Å². The van der Waals surface area contributed by atoms with E-state index in [1.807, 2.05) is 0 Å². The molecular weight excluding hydrogens is 162 g/mol. The molecule has 0 saturated carbocycles. The molecule has 1 rings (SSSR count). The molecule has 0 aliphatic rings. The highest BCUT2D eigenvalue weighted by Crippen LogP contribution is 2.06. The van der Waals surface area contributed by atoms with Gasteiger partial charge in [-0.1, -0.05) is 12.2 Å². The summed E-state index contributed by atoms with van der Waals surface area (Å²) in [5.41, 5.74) is 16.4. The van der Waals surface area contributed by atoms with Crippen LogP contribution in [0.15, 0.2) is 6.20 Å². The van der Waals surface area contributed by atoms with Crippen molar-refractivity contribution in [2.45, 2.75) is 0 Å². The van der Waals surface area contributed by atoms with E-state index in [4.69, 9.17) is 17.2 Å². The maximum atomic E-state index is 5.42. The Hall–Kier alpha value is -1.43. The summed E-state index contributed by atoms with van der Waals surface area (Å²) in [5, 5.41) is 0. The van der Waals surface area contributed by atoms with Crippen LogP contribution in [-0.2, 0) is 0 Å². The van der Waals surface area contributed by atoms with Crippen LogP contribution in [0.25, 0.3) is 0 Å². The lowest BCUT2D eigenvalue weighted by molar-refractivity contribution is 1.19. The van der Waals surface area contributed by atoms with E-state index in [0.717, 1.165) is 0 Å². The van der Waals surface area contributed by atoms with E-state index in [9.17, 15) is 0 Å². The molecule has 0 amide bonds. The molecule has 0 atom stereocenters. The fraction of sp³-hybridized carbons (Fsp3) is 0. The van der Waals surface area contributed by atoms with E-state index in [-0.39, 0.29) is 16.8 Å². The topological polar surface area (TPSA) is 104 Å². The second kappa shape index (κ2) is 2.67. The summed E-state index contributed by atoms with van der Waals surface area (Å²) in [4.78, 5) is 7.52. The van der Waals surface area contributed by atoms with E-state index < -0.39 is 0 Å². The van der Waals surface area contributed by atoms with Crippen molar-refractivity contribution in [3.8, 4) is 0 Å². The molecule has 0 fully saturated rings. The lowest BCUT2D eigenvalue weighted by Crippen LogP contribution is -2.14. The van der Waals surface area contributed by atoms with Gasteiger partial charge in [0.15, 0.2) is 0 Å². The van der Waals surface area contributed by atoms with Gasteiger partial charge in [-0.05, 0) is 0 Å². The normalized spacial score (nSPS) is 9.45. The summed E-state index contributed by atoms with van der Waals surface area (Å²) in [7, 11) is 0. The van der Waals surface area contributed by atoms with Crippen molar-refractivity contribution in [3.63, 3.8) is 0 Å². The van der Waals surface area contributed by atoms with Crippen molar-refractivity contribution < 1.29 is 0 Å². The zero-order chi connectivity index (χ0) is 8.43. The Morgan fingerprint density at radius 1 is 1.45 bits per heavy atom. The van der Waals surface area contributed by atoms with Gasteiger partial charge in [-0.25, -0.2) is 4.98 Å². The molecule has 0 spiro atoms. The van der Waals surface area contributed by atoms with Gasteiger partial charge in [0.1, 0.15) is 10.8 Å². The maximum Gasteiger partial charge on any atom is 0.221 e. The molecule has 6 heteroatoms. The molecule has 0 unspecified atom stereocenters. The van der Waals surface area contributed by atoms with E-state index in [0.29, 0.717) is 5.56 Å². The summed E-state index contributed by atoms with van der Waals surface area (Å²) in [6.07, 6.45) is 1.40. The highest BCUT2D eigenvalue weighted by Gasteiger charge is 2.03. The molecule has 1 heterocycles. The Balaban J connectivity index is 3.20. The van der Waals surface area contributed by atoms with Gasteiger partial charge in [-0.15, -0.1) is 0 Å². The van der Waals surface area contributed by atoms with Crippen LogP contribution >= 0.6 is 12.2 Å². The van der Waals surface area contributed by atoms with Crippen LogP contribution in [0.3, 0.4) is 0 Å². The smallest absolute Gasteiger partial charge is 0.221 e. The van der Waals surface area contributed by atoms with E-state index in [2.05, 4.69) is 22.2 Å². The fourth-order valence-corrected chi connectivity index (χ4v) is 0.756. The number of nitrogens with zero attached hydrogens (tertiary/aromatic N) is 2. The van der Waals surface area contributed by atoms with Crippen molar-refractivity contribution in [3.05, 3.63) is 11.8 Å². The van der Waals surface area contributed by atoms with Gasteiger partial charge in [0, 0.05) is 6.20 Å². The summed E-state index contributed by atoms with van der Waals surface area (Å²) < 4.78 is 0. The summed E-state index contributed by atoms with van der Waals surface area (Å²) in [6.45, 7) is 0. The first-order valence-electron chi connectivity index (χ1n) is 2.79. The minimum Gasteiger partial charge on any atom is -0.389 e. The average molecular weight is 169 g/mol. The Kier molecular flexibility index (Phi) is 1.86. The molecule has 11 heavy (non-hydrogen) atoms. The van der Waals surface area contributed by atoms with Crippen LogP contribution in [0.2, 0.25) is 0 Å². The SMILES string of the molecule is NC(=S)c1cnc(N)nc1N. The summed E-state index contributed by atoms with van der Waals surface area (Å²) >= 11 is 4.67. The van der Waals surface area contributed by atoms with E-state index >= 15 is 0 Å².